The summed E-state index contributed by atoms with van der Waals surface area (Å²) in [5, 5.41) is 0.175. The maximum absolute atomic E-state index is 12.6. The Morgan fingerprint density at radius 2 is 2.12 bits per heavy atom. The molecule has 0 N–H and O–H groups in total. The summed E-state index contributed by atoms with van der Waals surface area (Å²) >= 11 is 1.19. The molecule has 0 unspecified atom stereocenters. The van der Waals surface area contributed by atoms with Gasteiger partial charge in [0.05, 0.1) is 0 Å². The molecule has 0 amide bonds. The molecule has 0 aromatic carbocycles. The molecular formula is C9H9F3N2OS. The van der Waals surface area contributed by atoms with Crippen LogP contribution in [0.5, 0.6) is 0 Å². The van der Waals surface area contributed by atoms with Crippen molar-refractivity contribution in [3.63, 3.8) is 0 Å². The Bertz CT molecular complexity index is 481. The second-order valence-corrected chi connectivity index (χ2v) is 4.59. The van der Waals surface area contributed by atoms with Crippen LogP contribution in [0.3, 0.4) is 0 Å². The molecule has 0 spiro atoms. The summed E-state index contributed by atoms with van der Waals surface area (Å²) in [6.45, 7) is 1.62. The van der Waals surface area contributed by atoms with Crippen LogP contribution in [0.15, 0.2) is 9.95 Å². The molecule has 7 heteroatoms. The van der Waals surface area contributed by atoms with E-state index in [4.69, 9.17) is 0 Å². The van der Waals surface area contributed by atoms with Gasteiger partial charge in [-0.1, -0.05) is 11.8 Å². The maximum Gasteiger partial charge on any atom is 0.433 e. The predicted molar refractivity (Wildman–Crippen MR) is 53.6 cm³/mol. The van der Waals surface area contributed by atoms with Crippen LogP contribution in [0.1, 0.15) is 17.7 Å². The SMILES string of the molecule is Cc1c(C(F)(F)F)nc2n(c1=O)CCCS2. The standard InChI is InChI=1S/C9H9F3N2OS/c1-5-6(9(10,11)12)13-8-14(7(5)15)3-2-4-16-8/h2-4H2,1H3. The number of aromatic nitrogens is 2. The quantitative estimate of drug-likeness (QED) is 0.661. The molecule has 1 aliphatic heterocycles. The van der Waals surface area contributed by atoms with Crippen LogP contribution in [-0.2, 0) is 12.7 Å². The first-order chi connectivity index (χ1) is 7.41. The molecular weight excluding hydrogens is 241 g/mol. The van der Waals surface area contributed by atoms with Gasteiger partial charge in [0, 0.05) is 17.9 Å². The van der Waals surface area contributed by atoms with E-state index in [-0.39, 0.29) is 10.7 Å². The highest BCUT2D eigenvalue weighted by molar-refractivity contribution is 7.99. The van der Waals surface area contributed by atoms with E-state index in [1.54, 1.807) is 0 Å². The molecule has 2 heterocycles. The van der Waals surface area contributed by atoms with E-state index in [1.807, 2.05) is 0 Å². The number of halogens is 3. The normalized spacial score (nSPS) is 16.0. The van der Waals surface area contributed by atoms with Gasteiger partial charge in [-0.2, -0.15) is 13.2 Å². The first-order valence-electron chi connectivity index (χ1n) is 4.72. The van der Waals surface area contributed by atoms with Crippen LogP contribution < -0.4 is 5.56 Å². The Balaban J connectivity index is 2.67. The predicted octanol–water partition coefficient (Wildman–Crippen LogP) is 2.07. The molecule has 0 aliphatic carbocycles. The topological polar surface area (TPSA) is 34.9 Å². The molecule has 0 saturated carbocycles. The van der Waals surface area contributed by atoms with Crippen molar-refractivity contribution in [3.8, 4) is 0 Å². The molecule has 0 radical (unpaired) electrons. The van der Waals surface area contributed by atoms with Gasteiger partial charge in [-0.05, 0) is 13.3 Å². The summed E-state index contributed by atoms with van der Waals surface area (Å²) < 4.78 is 39.1. The van der Waals surface area contributed by atoms with Crippen molar-refractivity contribution in [1.82, 2.24) is 9.55 Å². The number of thioether (sulfide) groups is 1. The van der Waals surface area contributed by atoms with Crippen molar-refractivity contribution in [2.24, 2.45) is 0 Å². The van der Waals surface area contributed by atoms with E-state index >= 15 is 0 Å². The molecule has 0 saturated heterocycles. The van der Waals surface area contributed by atoms with Crippen molar-refractivity contribution in [2.75, 3.05) is 5.75 Å². The van der Waals surface area contributed by atoms with Gasteiger partial charge < -0.3 is 0 Å². The third kappa shape index (κ3) is 1.83. The van der Waals surface area contributed by atoms with Gasteiger partial charge in [0.2, 0.25) is 0 Å². The lowest BCUT2D eigenvalue weighted by molar-refractivity contribution is -0.142. The largest absolute Gasteiger partial charge is 0.433 e. The van der Waals surface area contributed by atoms with Crippen molar-refractivity contribution < 1.29 is 13.2 Å². The Kier molecular flexibility index (Phi) is 2.73. The first kappa shape index (κ1) is 11.5. The number of hydrogen-bond acceptors (Lipinski definition) is 3. The number of rotatable bonds is 0. The van der Waals surface area contributed by atoms with Crippen molar-refractivity contribution in [1.29, 1.82) is 0 Å². The Labute approximate surface area is 93.7 Å². The van der Waals surface area contributed by atoms with Crippen LogP contribution in [0.25, 0.3) is 0 Å². The number of fused-ring (bicyclic) bond motifs is 1. The van der Waals surface area contributed by atoms with E-state index < -0.39 is 17.4 Å². The molecule has 16 heavy (non-hydrogen) atoms. The molecule has 0 fully saturated rings. The zero-order valence-electron chi connectivity index (χ0n) is 8.47. The number of hydrogen-bond donors (Lipinski definition) is 0. The fraction of sp³-hybridized carbons (Fsp3) is 0.556. The lowest BCUT2D eigenvalue weighted by Gasteiger charge is -2.19. The molecule has 2 rings (SSSR count). The van der Waals surface area contributed by atoms with Crippen LogP contribution >= 0.6 is 11.8 Å². The van der Waals surface area contributed by atoms with Gasteiger partial charge >= 0.3 is 6.18 Å². The molecule has 88 valence electrons. The minimum Gasteiger partial charge on any atom is -0.287 e. The Hall–Kier alpha value is -0.980. The van der Waals surface area contributed by atoms with Crippen molar-refractivity contribution >= 4 is 11.8 Å². The van der Waals surface area contributed by atoms with Gasteiger partial charge in [0.1, 0.15) is 0 Å². The smallest absolute Gasteiger partial charge is 0.287 e. The lowest BCUT2D eigenvalue weighted by atomic mass is 10.2. The first-order valence-corrected chi connectivity index (χ1v) is 5.71. The van der Waals surface area contributed by atoms with E-state index in [1.165, 1.54) is 23.3 Å². The van der Waals surface area contributed by atoms with Gasteiger partial charge in [-0.15, -0.1) is 0 Å². The van der Waals surface area contributed by atoms with Crippen LogP contribution in [0.4, 0.5) is 13.2 Å². The van der Waals surface area contributed by atoms with Gasteiger partial charge in [0.25, 0.3) is 5.56 Å². The highest BCUT2D eigenvalue weighted by Crippen LogP contribution is 2.31. The highest BCUT2D eigenvalue weighted by atomic mass is 32.2. The summed E-state index contributed by atoms with van der Waals surface area (Å²) in [6.07, 6.45) is -3.78. The average molecular weight is 250 g/mol. The second-order valence-electron chi connectivity index (χ2n) is 3.52. The van der Waals surface area contributed by atoms with Gasteiger partial charge in [0.15, 0.2) is 10.9 Å². The van der Waals surface area contributed by atoms with Crippen LogP contribution in [0.2, 0.25) is 0 Å². The van der Waals surface area contributed by atoms with Gasteiger partial charge in [-0.3, -0.25) is 9.36 Å². The molecule has 1 aromatic heterocycles. The monoisotopic (exact) mass is 250 g/mol. The fourth-order valence-corrected chi connectivity index (χ4v) is 2.54. The van der Waals surface area contributed by atoms with Crippen LogP contribution in [-0.4, -0.2) is 15.3 Å². The lowest BCUT2D eigenvalue weighted by Crippen LogP contribution is -2.31. The number of alkyl halides is 3. The number of nitrogens with zero attached hydrogens (tertiary/aromatic N) is 2. The molecule has 1 aromatic rings. The van der Waals surface area contributed by atoms with Crippen molar-refractivity contribution in [3.05, 3.63) is 21.6 Å². The Morgan fingerprint density at radius 1 is 1.44 bits per heavy atom. The second kappa shape index (κ2) is 3.80. The van der Waals surface area contributed by atoms with E-state index in [0.29, 0.717) is 12.3 Å². The van der Waals surface area contributed by atoms with E-state index in [9.17, 15) is 18.0 Å². The average Bonchev–Trinajstić information content (AvgIpc) is 2.22. The fourth-order valence-electron chi connectivity index (χ4n) is 1.60. The summed E-state index contributed by atoms with van der Waals surface area (Å²) in [5.74, 6) is 0.701. The summed E-state index contributed by atoms with van der Waals surface area (Å²) in [5.41, 5.74) is -1.96. The summed E-state index contributed by atoms with van der Waals surface area (Å²) in [7, 11) is 0. The maximum atomic E-state index is 12.6. The molecule has 0 atom stereocenters. The van der Waals surface area contributed by atoms with Crippen molar-refractivity contribution in [2.45, 2.75) is 31.2 Å². The van der Waals surface area contributed by atoms with E-state index in [0.717, 1.165) is 6.42 Å². The zero-order valence-corrected chi connectivity index (χ0v) is 9.28. The Morgan fingerprint density at radius 3 is 2.75 bits per heavy atom. The zero-order chi connectivity index (χ0) is 11.9. The highest BCUT2D eigenvalue weighted by Gasteiger charge is 2.37. The minimum atomic E-state index is -4.56. The third-order valence-corrected chi connectivity index (χ3v) is 3.45. The minimum absolute atomic E-state index is 0.175. The van der Waals surface area contributed by atoms with Crippen LogP contribution in [0, 0.1) is 6.92 Å². The third-order valence-electron chi connectivity index (χ3n) is 2.39. The molecule has 3 nitrogen and oxygen atoms in total. The van der Waals surface area contributed by atoms with Gasteiger partial charge in [-0.25, -0.2) is 4.98 Å². The molecule has 0 bridgehead atoms. The summed E-state index contributed by atoms with van der Waals surface area (Å²) in [4.78, 5) is 15.2. The summed E-state index contributed by atoms with van der Waals surface area (Å²) in [6, 6.07) is 0. The van der Waals surface area contributed by atoms with E-state index in [2.05, 4.69) is 4.98 Å². The molecule has 1 aliphatic rings.